The van der Waals surface area contributed by atoms with E-state index in [4.69, 9.17) is 16.3 Å². The summed E-state index contributed by atoms with van der Waals surface area (Å²) >= 11 is 9.27. The lowest BCUT2D eigenvalue weighted by atomic mass is 10.0. The van der Waals surface area contributed by atoms with Crippen molar-refractivity contribution in [2.75, 3.05) is 0 Å². The van der Waals surface area contributed by atoms with E-state index in [1.165, 1.54) is 6.21 Å². The molecule has 7 heteroatoms. The Morgan fingerprint density at radius 2 is 1.69 bits per heavy atom. The van der Waals surface area contributed by atoms with Gasteiger partial charge in [-0.1, -0.05) is 63.9 Å². The lowest BCUT2D eigenvalue weighted by molar-refractivity contribution is 0.0734. The standard InChI is InChI=1S/C25H16BrClN2O3/c26-19-10-13-23(32-25(31)17-8-11-20(27)12-9-17)18(14-19)15-28-29-24(30)22-7-3-5-16-4-1-2-6-21(16)22/h1-15H,(H,29,30)/b28-15+. The molecule has 0 aliphatic carbocycles. The van der Waals surface area contributed by atoms with Crippen LogP contribution in [0.15, 0.2) is 94.5 Å². The average Bonchev–Trinajstić information content (AvgIpc) is 2.80. The van der Waals surface area contributed by atoms with Crippen LogP contribution in [0.1, 0.15) is 26.3 Å². The van der Waals surface area contributed by atoms with E-state index in [1.807, 2.05) is 36.4 Å². The van der Waals surface area contributed by atoms with Gasteiger partial charge in [-0.3, -0.25) is 4.79 Å². The van der Waals surface area contributed by atoms with Gasteiger partial charge in [0.25, 0.3) is 5.91 Å². The second kappa shape index (κ2) is 9.77. The SMILES string of the molecule is O=C(Oc1ccc(Br)cc1/C=N/NC(=O)c1cccc2ccccc12)c1ccc(Cl)cc1. The number of fused-ring (bicyclic) bond motifs is 1. The highest BCUT2D eigenvalue weighted by Gasteiger charge is 2.12. The van der Waals surface area contributed by atoms with Gasteiger partial charge < -0.3 is 4.74 Å². The van der Waals surface area contributed by atoms with E-state index in [9.17, 15) is 9.59 Å². The number of nitrogens with one attached hydrogen (secondary N) is 1. The molecule has 1 amide bonds. The number of rotatable bonds is 5. The molecule has 0 aromatic heterocycles. The highest BCUT2D eigenvalue weighted by Crippen LogP contribution is 2.23. The molecule has 0 saturated heterocycles. The van der Waals surface area contributed by atoms with E-state index in [1.54, 1.807) is 48.5 Å². The second-order valence-electron chi connectivity index (χ2n) is 6.80. The maximum Gasteiger partial charge on any atom is 0.343 e. The lowest BCUT2D eigenvalue weighted by Gasteiger charge is -2.08. The highest BCUT2D eigenvalue weighted by atomic mass is 79.9. The maximum atomic E-state index is 12.7. The number of hydrazone groups is 1. The van der Waals surface area contributed by atoms with E-state index in [-0.39, 0.29) is 5.91 Å². The van der Waals surface area contributed by atoms with Crippen molar-refractivity contribution in [1.82, 2.24) is 5.43 Å². The maximum absolute atomic E-state index is 12.7. The molecule has 0 atom stereocenters. The van der Waals surface area contributed by atoms with Crippen LogP contribution in [0, 0.1) is 0 Å². The molecule has 4 rings (SSSR count). The normalized spacial score (nSPS) is 10.9. The Hall–Kier alpha value is -3.48. The van der Waals surface area contributed by atoms with E-state index in [0.29, 0.717) is 27.5 Å². The number of benzene rings is 4. The summed E-state index contributed by atoms with van der Waals surface area (Å²) in [5, 5.41) is 6.39. The molecule has 1 N–H and O–H groups in total. The van der Waals surface area contributed by atoms with Crippen molar-refractivity contribution in [3.63, 3.8) is 0 Å². The van der Waals surface area contributed by atoms with Crippen LogP contribution in [-0.2, 0) is 0 Å². The summed E-state index contributed by atoms with van der Waals surface area (Å²) in [7, 11) is 0. The van der Waals surface area contributed by atoms with Crippen LogP contribution in [0.4, 0.5) is 0 Å². The van der Waals surface area contributed by atoms with Crippen molar-refractivity contribution in [2.45, 2.75) is 0 Å². The molecule has 0 heterocycles. The summed E-state index contributed by atoms with van der Waals surface area (Å²) in [5.41, 5.74) is 3.93. The second-order valence-corrected chi connectivity index (χ2v) is 8.16. The molecule has 0 spiro atoms. The molecule has 0 bridgehead atoms. The van der Waals surface area contributed by atoms with Crippen LogP contribution in [0.2, 0.25) is 5.02 Å². The smallest absolute Gasteiger partial charge is 0.343 e. The molecule has 0 aliphatic rings. The number of nitrogens with zero attached hydrogens (tertiary/aromatic N) is 1. The Kier molecular flexibility index (Phi) is 6.63. The Labute approximate surface area is 197 Å². The van der Waals surface area contributed by atoms with Crippen molar-refractivity contribution in [3.8, 4) is 5.75 Å². The monoisotopic (exact) mass is 506 g/mol. The van der Waals surface area contributed by atoms with Gasteiger partial charge in [0, 0.05) is 20.6 Å². The lowest BCUT2D eigenvalue weighted by Crippen LogP contribution is -2.18. The summed E-state index contributed by atoms with van der Waals surface area (Å²) in [6.07, 6.45) is 1.43. The van der Waals surface area contributed by atoms with Gasteiger partial charge in [0.05, 0.1) is 11.8 Å². The van der Waals surface area contributed by atoms with Gasteiger partial charge in [-0.05, 0) is 59.3 Å². The molecule has 32 heavy (non-hydrogen) atoms. The molecule has 5 nitrogen and oxygen atoms in total. The van der Waals surface area contributed by atoms with E-state index < -0.39 is 5.97 Å². The quantitative estimate of drug-likeness (QED) is 0.150. The predicted octanol–water partition coefficient (Wildman–Crippen LogP) is 6.24. The van der Waals surface area contributed by atoms with Crippen LogP contribution in [0.25, 0.3) is 10.8 Å². The molecule has 0 fully saturated rings. The highest BCUT2D eigenvalue weighted by molar-refractivity contribution is 9.10. The van der Waals surface area contributed by atoms with E-state index in [0.717, 1.165) is 15.2 Å². The summed E-state index contributed by atoms with van der Waals surface area (Å²) in [4.78, 5) is 25.1. The minimum Gasteiger partial charge on any atom is -0.422 e. The number of hydrogen-bond acceptors (Lipinski definition) is 4. The van der Waals surface area contributed by atoms with Gasteiger partial charge in [0.15, 0.2) is 0 Å². The van der Waals surface area contributed by atoms with Gasteiger partial charge in [0.2, 0.25) is 0 Å². The van der Waals surface area contributed by atoms with Gasteiger partial charge in [-0.25, -0.2) is 10.2 Å². The number of carbonyl (C=O) groups is 2. The van der Waals surface area contributed by atoms with E-state index in [2.05, 4.69) is 26.5 Å². The molecule has 0 radical (unpaired) electrons. The molecule has 0 unspecified atom stereocenters. The zero-order valence-corrected chi connectivity index (χ0v) is 18.9. The first-order valence-electron chi connectivity index (χ1n) is 9.60. The molecular weight excluding hydrogens is 492 g/mol. The molecular formula is C25H16BrClN2O3. The fourth-order valence-corrected chi connectivity index (χ4v) is 3.61. The minimum atomic E-state index is -0.529. The molecule has 4 aromatic carbocycles. The van der Waals surface area contributed by atoms with E-state index >= 15 is 0 Å². The van der Waals surface area contributed by atoms with Crippen LogP contribution in [-0.4, -0.2) is 18.1 Å². The Morgan fingerprint density at radius 3 is 2.50 bits per heavy atom. The number of carbonyl (C=O) groups excluding carboxylic acids is 2. The first-order valence-corrected chi connectivity index (χ1v) is 10.8. The zero-order chi connectivity index (χ0) is 22.5. The molecule has 0 aliphatic heterocycles. The summed E-state index contributed by atoms with van der Waals surface area (Å²) in [5.74, 6) is -0.567. The van der Waals surface area contributed by atoms with Gasteiger partial charge in [-0.15, -0.1) is 0 Å². The predicted molar refractivity (Wildman–Crippen MR) is 130 cm³/mol. The van der Waals surface area contributed by atoms with Crippen molar-refractivity contribution < 1.29 is 14.3 Å². The number of hydrogen-bond donors (Lipinski definition) is 1. The van der Waals surface area contributed by atoms with Crippen LogP contribution in [0.5, 0.6) is 5.75 Å². The van der Waals surface area contributed by atoms with Gasteiger partial charge in [0.1, 0.15) is 5.75 Å². The van der Waals surface area contributed by atoms with Gasteiger partial charge >= 0.3 is 5.97 Å². The number of ether oxygens (including phenoxy) is 1. The third-order valence-electron chi connectivity index (χ3n) is 4.66. The van der Waals surface area contributed by atoms with Crippen molar-refractivity contribution in [2.24, 2.45) is 5.10 Å². The minimum absolute atomic E-state index is 0.302. The Balaban J connectivity index is 1.52. The number of esters is 1. The third kappa shape index (κ3) is 5.04. The van der Waals surface area contributed by atoms with Crippen molar-refractivity contribution in [3.05, 3.63) is 111 Å². The third-order valence-corrected chi connectivity index (χ3v) is 5.40. The summed E-state index contributed by atoms with van der Waals surface area (Å²) in [6, 6.07) is 24.7. The van der Waals surface area contributed by atoms with Crippen molar-refractivity contribution in [1.29, 1.82) is 0 Å². The zero-order valence-electron chi connectivity index (χ0n) is 16.6. The molecule has 0 saturated carbocycles. The largest absolute Gasteiger partial charge is 0.422 e. The van der Waals surface area contributed by atoms with Crippen molar-refractivity contribution >= 4 is 56.4 Å². The van der Waals surface area contributed by atoms with Crippen LogP contribution >= 0.6 is 27.5 Å². The first kappa shape index (κ1) is 21.7. The fourth-order valence-electron chi connectivity index (χ4n) is 3.10. The van der Waals surface area contributed by atoms with Crippen LogP contribution < -0.4 is 10.2 Å². The summed E-state index contributed by atoms with van der Waals surface area (Å²) < 4.78 is 6.29. The van der Waals surface area contributed by atoms with Crippen LogP contribution in [0.3, 0.4) is 0 Å². The number of halogens is 2. The van der Waals surface area contributed by atoms with Gasteiger partial charge in [-0.2, -0.15) is 5.10 Å². The topological polar surface area (TPSA) is 67.8 Å². The molecule has 158 valence electrons. The fraction of sp³-hybridized carbons (Fsp3) is 0. The Morgan fingerprint density at radius 1 is 0.938 bits per heavy atom. The summed E-state index contributed by atoms with van der Waals surface area (Å²) in [6.45, 7) is 0. The molecule has 4 aromatic rings. The average molecular weight is 508 g/mol. The Bertz CT molecular complexity index is 1330. The first-order chi connectivity index (χ1) is 15.5. The number of amides is 1.